The molecule has 3 aliphatic rings. The van der Waals surface area contributed by atoms with E-state index in [1.807, 2.05) is 0 Å². The zero-order valence-electron chi connectivity index (χ0n) is 17.1. The van der Waals surface area contributed by atoms with Crippen LogP contribution in [-0.2, 0) is 30.5 Å². The number of halogens is 3. The normalized spacial score (nSPS) is 24.4. The number of cyclic esters (lactones) is 1. The van der Waals surface area contributed by atoms with E-state index >= 15 is 0 Å². The number of hydrogen-bond donors (Lipinski definition) is 1. The van der Waals surface area contributed by atoms with E-state index < -0.39 is 34.8 Å². The fourth-order valence-electron chi connectivity index (χ4n) is 3.54. The maximum absolute atomic E-state index is 13.5. The Hall–Kier alpha value is -3.34. The van der Waals surface area contributed by atoms with Gasteiger partial charge in [0.15, 0.2) is 5.78 Å². The number of benzene rings is 1. The number of esters is 1. The topological polar surface area (TPSA) is 113 Å². The number of carbonyl (C=O) groups excluding carboxylic acids is 4. The molecule has 0 aliphatic carbocycles. The zero-order chi connectivity index (χ0) is 23.9. The lowest BCUT2D eigenvalue weighted by Crippen LogP contribution is -2.55. The van der Waals surface area contributed by atoms with Crippen molar-refractivity contribution in [1.82, 2.24) is 4.90 Å². The minimum atomic E-state index is -5.34. The molecule has 0 radical (unpaired) electrons. The van der Waals surface area contributed by atoms with Gasteiger partial charge in [-0.1, -0.05) is 30.3 Å². The van der Waals surface area contributed by atoms with Crippen molar-refractivity contribution in [1.29, 1.82) is 0 Å². The predicted octanol–water partition coefficient (Wildman–Crippen LogP) is 1.86. The molecule has 4 rings (SSSR count). The van der Waals surface area contributed by atoms with Crippen LogP contribution in [0.25, 0.3) is 0 Å². The first-order chi connectivity index (χ1) is 14.8. The molecule has 11 heteroatoms. The quantitative estimate of drug-likeness (QED) is 0.541. The van der Waals surface area contributed by atoms with Gasteiger partial charge in [-0.3, -0.25) is 14.4 Å². The molecule has 3 aliphatic heterocycles. The van der Waals surface area contributed by atoms with Gasteiger partial charge in [0.1, 0.15) is 11.2 Å². The summed E-state index contributed by atoms with van der Waals surface area (Å²) in [4.78, 5) is 48.8. The second-order valence-electron chi connectivity index (χ2n) is 8.03. The highest BCUT2D eigenvalue weighted by atomic mass is 19.4. The highest BCUT2D eigenvalue weighted by molar-refractivity contribution is 6.37. The number of aliphatic imine (C=N–C) groups is 1. The molecule has 170 valence electrons. The number of rotatable bonds is 2. The van der Waals surface area contributed by atoms with Crippen LogP contribution >= 0.6 is 0 Å². The lowest BCUT2D eigenvalue weighted by Gasteiger charge is -2.33. The van der Waals surface area contributed by atoms with E-state index in [-0.39, 0.29) is 36.8 Å². The first-order valence-electron chi connectivity index (χ1n) is 9.48. The summed E-state index contributed by atoms with van der Waals surface area (Å²) in [6.07, 6.45) is -4.41. The van der Waals surface area contributed by atoms with Crippen LogP contribution in [0.3, 0.4) is 0 Å². The number of ether oxygens (including phenoxy) is 1. The fourth-order valence-corrected chi connectivity index (χ4v) is 3.54. The Bertz CT molecular complexity index is 1030. The summed E-state index contributed by atoms with van der Waals surface area (Å²) in [5, 5.41) is 10.2. The zero-order valence-corrected chi connectivity index (χ0v) is 17.1. The van der Waals surface area contributed by atoms with E-state index in [0.717, 1.165) is 11.1 Å². The van der Waals surface area contributed by atoms with E-state index in [1.165, 1.54) is 13.8 Å². The molecule has 0 bridgehead atoms. The van der Waals surface area contributed by atoms with Crippen LogP contribution < -0.4 is 0 Å². The van der Waals surface area contributed by atoms with Crippen LogP contribution in [0.4, 0.5) is 13.2 Å². The van der Waals surface area contributed by atoms with Gasteiger partial charge in [0.05, 0.1) is 19.2 Å². The summed E-state index contributed by atoms with van der Waals surface area (Å²) in [6, 6.07) is 8.38. The molecule has 1 N–H and O–H groups in total. The van der Waals surface area contributed by atoms with Crippen LogP contribution in [0.2, 0.25) is 0 Å². The standard InChI is InChI=1S/C17H16F3NO4.C4H3NO2/c1-15(2)8-11-12(13(22)25-15)16(24,17(18,19)20)14(23)21(11)9-10-6-4-3-5-7-10;6-3-1-4(7)5-2-3/h3-7,24H,8-9H2,1-2H3;2H,1H2. The molecule has 1 aromatic carbocycles. The fraction of sp³-hybridized carbons (Fsp3) is 0.381. The van der Waals surface area contributed by atoms with Crippen molar-refractivity contribution in [3.05, 3.63) is 47.2 Å². The molecular formula is C21H19F3N2O6. The van der Waals surface area contributed by atoms with Crippen LogP contribution in [0.15, 0.2) is 46.6 Å². The molecular weight excluding hydrogens is 433 g/mol. The van der Waals surface area contributed by atoms with Crippen molar-refractivity contribution in [3.63, 3.8) is 0 Å². The largest absolute Gasteiger partial charge is 0.456 e. The molecule has 32 heavy (non-hydrogen) atoms. The Morgan fingerprint density at radius 2 is 1.75 bits per heavy atom. The van der Waals surface area contributed by atoms with E-state index in [0.29, 0.717) is 5.56 Å². The second kappa shape index (κ2) is 7.97. The molecule has 8 nitrogen and oxygen atoms in total. The predicted molar refractivity (Wildman–Crippen MR) is 103 cm³/mol. The van der Waals surface area contributed by atoms with Crippen LogP contribution in [0.1, 0.15) is 32.3 Å². The molecule has 1 unspecified atom stereocenters. The van der Waals surface area contributed by atoms with E-state index in [4.69, 9.17) is 4.74 Å². The average molecular weight is 452 g/mol. The maximum atomic E-state index is 13.5. The Morgan fingerprint density at radius 3 is 2.22 bits per heavy atom. The average Bonchev–Trinajstić information content (AvgIpc) is 3.15. The second-order valence-corrected chi connectivity index (χ2v) is 8.03. The van der Waals surface area contributed by atoms with Gasteiger partial charge in [0.25, 0.3) is 17.4 Å². The Balaban J connectivity index is 0.000000352. The SMILES string of the molecule is CC1(C)CC2=C(C(=O)O1)C(O)(C(F)(F)F)C(=O)N2Cc1ccccc1.O=C1C=NC(=O)C1. The van der Waals surface area contributed by atoms with Crippen LogP contribution in [-0.4, -0.2) is 57.2 Å². The lowest BCUT2D eigenvalue weighted by molar-refractivity contribution is -0.240. The lowest BCUT2D eigenvalue weighted by atomic mass is 9.88. The Kier molecular flexibility index (Phi) is 5.81. The number of Topliss-reactive ketones (excluding diaryl/α,β-unsaturated/α-hetero) is 1. The summed E-state index contributed by atoms with van der Waals surface area (Å²) in [7, 11) is 0. The maximum Gasteiger partial charge on any atom is 0.431 e. The van der Waals surface area contributed by atoms with Gasteiger partial charge < -0.3 is 14.7 Å². The minimum absolute atomic E-state index is 0.0278. The number of alkyl halides is 3. The van der Waals surface area contributed by atoms with Gasteiger partial charge >= 0.3 is 12.1 Å². The van der Waals surface area contributed by atoms with Gasteiger partial charge in [-0.05, 0) is 19.4 Å². The molecule has 2 amide bonds. The summed E-state index contributed by atoms with van der Waals surface area (Å²) >= 11 is 0. The number of amides is 2. The highest BCUT2D eigenvalue weighted by Gasteiger charge is 2.71. The van der Waals surface area contributed by atoms with Crippen LogP contribution in [0, 0.1) is 0 Å². The van der Waals surface area contributed by atoms with Crippen molar-refractivity contribution < 1.29 is 42.2 Å². The van der Waals surface area contributed by atoms with Crippen molar-refractivity contribution in [2.75, 3.05) is 0 Å². The molecule has 0 aromatic heterocycles. The van der Waals surface area contributed by atoms with Gasteiger partial charge in [0.2, 0.25) is 0 Å². The Labute approximate surface area is 180 Å². The number of ketones is 1. The van der Waals surface area contributed by atoms with Gasteiger partial charge in [-0.2, -0.15) is 13.2 Å². The smallest absolute Gasteiger partial charge is 0.431 e. The van der Waals surface area contributed by atoms with Gasteiger partial charge in [-0.15, -0.1) is 0 Å². The Morgan fingerprint density at radius 1 is 1.12 bits per heavy atom. The molecule has 0 spiro atoms. The summed E-state index contributed by atoms with van der Waals surface area (Å²) in [5.41, 5.74) is -5.56. The molecule has 1 atom stereocenters. The minimum Gasteiger partial charge on any atom is -0.456 e. The molecule has 0 saturated carbocycles. The van der Waals surface area contributed by atoms with Crippen molar-refractivity contribution in [2.45, 2.75) is 50.6 Å². The monoisotopic (exact) mass is 452 g/mol. The van der Waals surface area contributed by atoms with Crippen LogP contribution in [0.5, 0.6) is 0 Å². The van der Waals surface area contributed by atoms with E-state index in [2.05, 4.69) is 4.99 Å². The third-order valence-corrected chi connectivity index (χ3v) is 4.97. The highest BCUT2D eigenvalue weighted by Crippen LogP contribution is 2.49. The number of carbonyl (C=O) groups is 4. The third-order valence-electron chi connectivity index (χ3n) is 4.97. The van der Waals surface area contributed by atoms with E-state index in [1.54, 1.807) is 30.3 Å². The summed E-state index contributed by atoms with van der Waals surface area (Å²) < 4.78 is 45.5. The molecule has 3 heterocycles. The summed E-state index contributed by atoms with van der Waals surface area (Å²) in [6.45, 7) is 2.88. The van der Waals surface area contributed by atoms with Gasteiger partial charge in [-0.25, -0.2) is 9.79 Å². The van der Waals surface area contributed by atoms with E-state index in [9.17, 15) is 37.5 Å². The third kappa shape index (κ3) is 4.20. The molecule has 1 aromatic rings. The first-order valence-corrected chi connectivity index (χ1v) is 9.48. The van der Waals surface area contributed by atoms with Crippen molar-refractivity contribution in [2.24, 2.45) is 4.99 Å². The number of aliphatic hydroxyl groups is 1. The number of hydrogen-bond acceptors (Lipinski definition) is 6. The van der Waals surface area contributed by atoms with Gasteiger partial charge in [0, 0.05) is 12.1 Å². The number of nitrogens with zero attached hydrogens (tertiary/aromatic N) is 2. The van der Waals surface area contributed by atoms with Crippen molar-refractivity contribution >= 4 is 29.8 Å². The molecule has 0 saturated heterocycles. The summed E-state index contributed by atoms with van der Waals surface area (Å²) in [5.74, 6) is -3.42. The van der Waals surface area contributed by atoms with Crippen molar-refractivity contribution in [3.8, 4) is 0 Å². The molecule has 0 fully saturated rings. The first kappa shape index (κ1) is 23.3.